The zero-order chi connectivity index (χ0) is 14.8. The van der Waals surface area contributed by atoms with Crippen LogP contribution in [0.25, 0.3) is 11.0 Å². The number of aliphatic hydroxyl groups is 1. The summed E-state index contributed by atoms with van der Waals surface area (Å²) >= 11 is 13.3. The Morgan fingerprint density at radius 1 is 1.33 bits per heavy atom. The summed E-state index contributed by atoms with van der Waals surface area (Å²) < 4.78 is 13.8. The first-order valence-electron chi connectivity index (χ1n) is 6.75. The van der Waals surface area contributed by atoms with Gasteiger partial charge in [-0.25, -0.2) is 0 Å². The first kappa shape index (κ1) is 15.2. The summed E-state index contributed by atoms with van der Waals surface area (Å²) in [6.07, 6.45) is 1.88. The minimum absolute atomic E-state index is 0.313. The van der Waals surface area contributed by atoms with Gasteiger partial charge in [-0.1, -0.05) is 23.2 Å². The molecule has 3 rings (SSSR count). The third-order valence-corrected chi connectivity index (χ3v) is 4.43. The highest BCUT2D eigenvalue weighted by atomic mass is 35.5. The molecule has 1 aliphatic carbocycles. The van der Waals surface area contributed by atoms with Crippen LogP contribution in [0, 0.1) is 5.92 Å². The van der Waals surface area contributed by atoms with E-state index < -0.39 is 6.10 Å². The molecule has 0 bridgehead atoms. The van der Waals surface area contributed by atoms with Crippen molar-refractivity contribution in [2.45, 2.75) is 18.9 Å². The van der Waals surface area contributed by atoms with E-state index in [1.165, 1.54) is 12.8 Å². The molecule has 1 atom stereocenters. The van der Waals surface area contributed by atoms with Gasteiger partial charge in [-0.2, -0.15) is 8.75 Å². The zero-order valence-electron chi connectivity index (χ0n) is 11.2. The number of anilines is 1. The van der Waals surface area contributed by atoms with Crippen LogP contribution in [0.3, 0.4) is 0 Å². The Morgan fingerprint density at radius 3 is 2.86 bits per heavy atom. The second-order valence-corrected chi connectivity index (χ2v) is 6.54. The first-order valence-corrected chi connectivity index (χ1v) is 8.23. The van der Waals surface area contributed by atoms with E-state index in [-0.39, 0.29) is 0 Å². The van der Waals surface area contributed by atoms with Crippen molar-refractivity contribution >= 4 is 51.7 Å². The maximum absolute atomic E-state index is 9.92. The number of aliphatic hydroxyl groups excluding tert-OH is 1. The molecule has 8 heteroatoms. The fourth-order valence-electron chi connectivity index (χ4n) is 1.98. The van der Waals surface area contributed by atoms with E-state index in [0.29, 0.717) is 45.8 Å². The third-order valence-electron chi connectivity index (χ3n) is 3.32. The van der Waals surface area contributed by atoms with E-state index in [4.69, 9.17) is 27.9 Å². The SMILES string of the molecule is OC(CNc1c(Cl)cc(Cl)c2nsnc12)COCC1CC1. The molecule has 1 aromatic carbocycles. The quantitative estimate of drug-likeness (QED) is 0.804. The van der Waals surface area contributed by atoms with Crippen LogP contribution in [-0.4, -0.2) is 39.7 Å². The second kappa shape index (κ2) is 6.62. The molecule has 0 amide bonds. The molecule has 114 valence electrons. The normalized spacial score (nSPS) is 16.3. The monoisotopic (exact) mass is 347 g/mol. The highest BCUT2D eigenvalue weighted by Crippen LogP contribution is 2.35. The lowest BCUT2D eigenvalue weighted by molar-refractivity contribution is 0.0386. The van der Waals surface area contributed by atoms with Crippen LogP contribution in [0.5, 0.6) is 0 Å². The Bertz CT molecular complexity index is 633. The molecule has 5 nitrogen and oxygen atoms in total. The maximum Gasteiger partial charge on any atom is 0.130 e. The highest BCUT2D eigenvalue weighted by molar-refractivity contribution is 7.00. The van der Waals surface area contributed by atoms with Gasteiger partial charge in [0, 0.05) is 13.2 Å². The number of fused-ring (bicyclic) bond motifs is 1. The van der Waals surface area contributed by atoms with Crippen LogP contribution in [0.2, 0.25) is 10.0 Å². The van der Waals surface area contributed by atoms with Crippen molar-refractivity contribution in [2.24, 2.45) is 5.92 Å². The van der Waals surface area contributed by atoms with E-state index >= 15 is 0 Å². The molecule has 0 aliphatic heterocycles. The average molecular weight is 348 g/mol. The minimum atomic E-state index is -0.600. The highest BCUT2D eigenvalue weighted by Gasteiger charge is 2.21. The number of halogens is 2. The van der Waals surface area contributed by atoms with Gasteiger partial charge in [0.2, 0.25) is 0 Å². The molecule has 21 heavy (non-hydrogen) atoms. The van der Waals surface area contributed by atoms with Crippen molar-refractivity contribution in [3.8, 4) is 0 Å². The topological polar surface area (TPSA) is 67.3 Å². The Kier molecular flexibility index (Phi) is 4.81. The van der Waals surface area contributed by atoms with Crippen LogP contribution < -0.4 is 5.32 Å². The molecule has 0 spiro atoms. The van der Waals surface area contributed by atoms with Gasteiger partial charge in [-0.05, 0) is 24.8 Å². The van der Waals surface area contributed by atoms with E-state index in [1.807, 2.05) is 0 Å². The molecule has 1 saturated carbocycles. The van der Waals surface area contributed by atoms with Crippen molar-refractivity contribution in [2.75, 3.05) is 25.1 Å². The number of ether oxygens (including phenoxy) is 1. The summed E-state index contributed by atoms with van der Waals surface area (Å²) in [7, 11) is 0. The van der Waals surface area contributed by atoms with Crippen LogP contribution in [-0.2, 0) is 4.74 Å². The summed E-state index contributed by atoms with van der Waals surface area (Å²) in [6, 6.07) is 1.63. The van der Waals surface area contributed by atoms with Crippen molar-refractivity contribution < 1.29 is 9.84 Å². The largest absolute Gasteiger partial charge is 0.389 e. The molecule has 1 fully saturated rings. The van der Waals surface area contributed by atoms with E-state index in [0.717, 1.165) is 18.3 Å². The molecular formula is C13H15Cl2N3O2S. The van der Waals surface area contributed by atoms with Crippen LogP contribution >= 0.6 is 34.9 Å². The van der Waals surface area contributed by atoms with Crippen LogP contribution in [0.4, 0.5) is 5.69 Å². The smallest absolute Gasteiger partial charge is 0.130 e. The molecule has 2 aromatic rings. The van der Waals surface area contributed by atoms with Crippen molar-refractivity contribution in [3.63, 3.8) is 0 Å². The van der Waals surface area contributed by atoms with Crippen molar-refractivity contribution in [1.29, 1.82) is 0 Å². The Hall–Kier alpha value is -0.660. The van der Waals surface area contributed by atoms with E-state index in [9.17, 15) is 5.11 Å². The van der Waals surface area contributed by atoms with Crippen molar-refractivity contribution in [3.05, 3.63) is 16.1 Å². The molecule has 0 radical (unpaired) electrons. The standard InChI is InChI=1S/C13H15Cl2N3O2S/c14-9-3-10(15)12-13(18-21-17-12)11(9)16-4-8(19)6-20-5-7-1-2-7/h3,7-8,16,19H,1-2,4-6H2. The molecule has 1 aliphatic rings. The molecule has 0 saturated heterocycles. The summed E-state index contributed by atoms with van der Waals surface area (Å²) in [5.41, 5.74) is 1.89. The summed E-state index contributed by atoms with van der Waals surface area (Å²) in [6.45, 7) is 1.38. The lowest BCUT2D eigenvalue weighted by Crippen LogP contribution is -2.25. The maximum atomic E-state index is 9.92. The van der Waals surface area contributed by atoms with Gasteiger partial charge in [-0.3, -0.25) is 0 Å². The van der Waals surface area contributed by atoms with Crippen LogP contribution in [0.15, 0.2) is 6.07 Å². The van der Waals surface area contributed by atoms with Gasteiger partial charge in [0.1, 0.15) is 11.0 Å². The third kappa shape index (κ3) is 3.76. The Morgan fingerprint density at radius 2 is 2.10 bits per heavy atom. The van der Waals surface area contributed by atoms with Gasteiger partial charge < -0.3 is 15.2 Å². The fourth-order valence-corrected chi connectivity index (χ4v) is 3.16. The van der Waals surface area contributed by atoms with E-state index in [1.54, 1.807) is 6.07 Å². The molecular weight excluding hydrogens is 333 g/mol. The Labute approximate surface area is 136 Å². The van der Waals surface area contributed by atoms with Gasteiger partial charge in [0.05, 0.1) is 40.2 Å². The van der Waals surface area contributed by atoms with E-state index in [2.05, 4.69) is 14.1 Å². The Balaban J connectivity index is 1.60. The predicted molar refractivity (Wildman–Crippen MR) is 85.5 cm³/mol. The lowest BCUT2D eigenvalue weighted by atomic mass is 10.2. The fraction of sp³-hybridized carbons (Fsp3) is 0.538. The van der Waals surface area contributed by atoms with Crippen molar-refractivity contribution in [1.82, 2.24) is 8.75 Å². The lowest BCUT2D eigenvalue weighted by Gasteiger charge is -2.14. The van der Waals surface area contributed by atoms with Gasteiger partial charge >= 0.3 is 0 Å². The molecule has 1 aromatic heterocycles. The molecule has 1 heterocycles. The molecule has 1 unspecified atom stereocenters. The average Bonchev–Trinajstić information content (AvgIpc) is 3.13. The van der Waals surface area contributed by atoms with Gasteiger partial charge in [-0.15, -0.1) is 0 Å². The summed E-state index contributed by atoms with van der Waals surface area (Å²) in [5, 5.41) is 14.0. The predicted octanol–water partition coefficient (Wildman–Crippen LogP) is 3.20. The summed E-state index contributed by atoms with van der Waals surface area (Å²) in [4.78, 5) is 0. The number of rotatable bonds is 7. The second-order valence-electron chi connectivity index (χ2n) is 5.19. The molecule has 2 N–H and O–H groups in total. The number of hydrogen-bond acceptors (Lipinski definition) is 6. The van der Waals surface area contributed by atoms with Crippen LogP contribution in [0.1, 0.15) is 12.8 Å². The van der Waals surface area contributed by atoms with Gasteiger partial charge in [0.25, 0.3) is 0 Å². The number of nitrogens with one attached hydrogen (secondary N) is 1. The van der Waals surface area contributed by atoms with Gasteiger partial charge in [0.15, 0.2) is 0 Å². The number of benzene rings is 1. The number of hydrogen-bond donors (Lipinski definition) is 2. The summed E-state index contributed by atoms with van der Waals surface area (Å²) in [5.74, 6) is 0.691. The first-order chi connectivity index (χ1) is 10.1. The number of aromatic nitrogens is 2. The zero-order valence-corrected chi connectivity index (χ0v) is 13.5. The number of nitrogens with zero attached hydrogens (tertiary/aromatic N) is 2. The minimum Gasteiger partial charge on any atom is -0.389 e.